The first kappa shape index (κ1) is 13.3. The molecule has 0 bridgehead atoms. The summed E-state index contributed by atoms with van der Waals surface area (Å²) in [5, 5.41) is 3.55. The minimum absolute atomic E-state index is 0.593. The van der Waals surface area contributed by atoms with E-state index in [1.54, 1.807) is 6.20 Å². The smallest absolute Gasteiger partial charge is 0.183 e. The van der Waals surface area contributed by atoms with Crippen molar-refractivity contribution in [1.82, 2.24) is 10.3 Å². The normalized spacial score (nSPS) is 20.6. The summed E-state index contributed by atoms with van der Waals surface area (Å²) in [6, 6.07) is 0.713. The maximum Gasteiger partial charge on any atom is 0.183 e. The molecular formula is C12H19ClN2OS. The van der Waals surface area contributed by atoms with E-state index in [-0.39, 0.29) is 0 Å². The maximum absolute atomic E-state index is 5.75. The third-order valence-corrected chi connectivity index (χ3v) is 4.11. The van der Waals surface area contributed by atoms with Crippen LogP contribution in [0.1, 0.15) is 37.0 Å². The van der Waals surface area contributed by atoms with Gasteiger partial charge in [0.2, 0.25) is 0 Å². The Hall–Kier alpha value is -0.160. The molecule has 0 unspecified atom stereocenters. The minimum Gasteiger partial charge on any atom is -0.376 e. The molecule has 0 amide bonds. The highest BCUT2D eigenvalue weighted by molar-refractivity contribution is 7.15. The Morgan fingerprint density at radius 1 is 1.53 bits per heavy atom. The van der Waals surface area contributed by atoms with Crippen molar-refractivity contribution in [2.75, 3.05) is 13.2 Å². The fraction of sp³-hybridized carbons (Fsp3) is 0.750. The molecule has 0 aliphatic carbocycles. The summed E-state index contributed by atoms with van der Waals surface area (Å²) in [7, 11) is 0. The standard InChI is InChI=1S/C12H19ClN2OS/c13-12-15-8-11(17-12)9-16-7-3-5-10-4-1-2-6-14-10/h8,10,14H,1-7,9H2/t10-/m1/s1. The number of hydrogen-bond donors (Lipinski definition) is 1. The third kappa shape index (κ3) is 4.92. The van der Waals surface area contributed by atoms with Gasteiger partial charge in [-0.25, -0.2) is 4.98 Å². The lowest BCUT2D eigenvalue weighted by Gasteiger charge is -2.23. The van der Waals surface area contributed by atoms with Crippen molar-refractivity contribution in [2.45, 2.75) is 44.8 Å². The van der Waals surface area contributed by atoms with Gasteiger partial charge in [-0.3, -0.25) is 0 Å². The molecule has 2 heterocycles. The molecule has 0 aromatic carbocycles. The zero-order chi connectivity index (χ0) is 11.9. The van der Waals surface area contributed by atoms with Crippen LogP contribution in [0.3, 0.4) is 0 Å². The van der Waals surface area contributed by atoms with E-state index in [4.69, 9.17) is 16.3 Å². The van der Waals surface area contributed by atoms with E-state index in [2.05, 4.69) is 10.3 Å². The van der Waals surface area contributed by atoms with Crippen molar-refractivity contribution < 1.29 is 4.74 Å². The van der Waals surface area contributed by atoms with Crippen LogP contribution in [0.15, 0.2) is 6.20 Å². The van der Waals surface area contributed by atoms with Gasteiger partial charge in [-0.1, -0.05) is 18.0 Å². The lowest BCUT2D eigenvalue weighted by Crippen LogP contribution is -2.33. The molecule has 1 N–H and O–H groups in total. The zero-order valence-electron chi connectivity index (χ0n) is 9.95. The molecule has 96 valence electrons. The summed E-state index contributed by atoms with van der Waals surface area (Å²) >= 11 is 7.24. The average molecular weight is 275 g/mol. The highest BCUT2D eigenvalue weighted by atomic mass is 35.5. The molecule has 1 aliphatic rings. The van der Waals surface area contributed by atoms with E-state index in [0.717, 1.165) is 17.9 Å². The summed E-state index contributed by atoms with van der Waals surface area (Å²) in [5.41, 5.74) is 0. The Bertz CT molecular complexity index is 326. The van der Waals surface area contributed by atoms with Crippen molar-refractivity contribution in [2.24, 2.45) is 0 Å². The molecule has 1 aromatic heterocycles. The molecule has 1 atom stereocenters. The second-order valence-electron chi connectivity index (χ2n) is 4.42. The van der Waals surface area contributed by atoms with Crippen LogP contribution in [0.4, 0.5) is 0 Å². The van der Waals surface area contributed by atoms with Gasteiger partial charge in [0.15, 0.2) is 4.47 Å². The predicted molar refractivity (Wildman–Crippen MR) is 71.7 cm³/mol. The fourth-order valence-electron chi connectivity index (χ4n) is 2.13. The topological polar surface area (TPSA) is 34.1 Å². The molecule has 3 nitrogen and oxygen atoms in total. The van der Waals surface area contributed by atoms with E-state index in [9.17, 15) is 0 Å². The summed E-state index contributed by atoms with van der Waals surface area (Å²) < 4.78 is 6.20. The third-order valence-electron chi connectivity index (χ3n) is 3.02. The largest absolute Gasteiger partial charge is 0.376 e. The summed E-state index contributed by atoms with van der Waals surface area (Å²) in [4.78, 5) is 5.09. The number of halogens is 1. The van der Waals surface area contributed by atoms with Crippen molar-refractivity contribution in [3.63, 3.8) is 0 Å². The molecular weight excluding hydrogens is 256 g/mol. The van der Waals surface area contributed by atoms with Gasteiger partial charge in [0.1, 0.15) is 0 Å². The maximum atomic E-state index is 5.75. The van der Waals surface area contributed by atoms with Gasteiger partial charge >= 0.3 is 0 Å². The van der Waals surface area contributed by atoms with Crippen LogP contribution >= 0.6 is 22.9 Å². The molecule has 1 aromatic rings. The summed E-state index contributed by atoms with van der Waals surface area (Å²) in [6.07, 6.45) is 8.17. The molecule has 1 aliphatic heterocycles. The Kier molecular flexibility index (Phi) is 5.71. The Morgan fingerprint density at radius 2 is 2.47 bits per heavy atom. The minimum atomic E-state index is 0.593. The monoisotopic (exact) mass is 274 g/mol. The van der Waals surface area contributed by atoms with Crippen LogP contribution in [0.2, 0.25) is 4.47 Å². The zero-order valence-corrected chi connectivity index (χ0v) is 11.5. The number of hydrogen-bond acceptors (Lipinski definition) is 4. The number of thiazole rings is 1. The van der Waals surface area contributed by atoms with Gasteiger partial charge in [-0.15, -0.1) is 11.3 Å². The van der Waals surface area contributed by atoms with Crippen LogP contribution in [0.25, 0.3) is 0 Å². The first-order valence-corrected chi connectivity index (χ1v) is 7.45. The van der Waals surface area contributed by atoms with E-state index >= 15 is 0 Å². The van der Waals surface area contributed by atoms with Crippen LogP contribution in [0.5, 0.6) is 0 Å². The van der Waals surface area contributed by atoms with Crippen LogP contribution in [-0.2, 0) is 11.3 Å². The van der Waals surface area contributed by atoms with Crippen molar-refractivity contribution in [1.29, 1.82) is 0 Å². The Balaban J connectivity index is 1.51. The molecule has 17 heavy (non-hydrogen) atoms. The lowest BCUT2D eigenvalue weighted by atomic mass is 10.0. The second kappa shape index (κ2) is 7.31. The van der Waals surface area contributed by atoms with Crippen molar-refractivity contribution in [3.8, 4) is 0 Å². The first-order chi connectivity index (χ1) is 8.34. The average Bonchev–Trinajstić information content (AvgIpc) is 2.76. The lowest BCUT2D eigenvalue weighted by molar-refractivity contribution is 0.116. The predicted octanol–water partition coefficient (Wildman–Crippen LogP) is 3.24. The van der Waals surface area contributed by atoms with Crippen LogP contribution in [0, 0.1) is 0 Å². The molecule has 5 heteroatoms. The summed E-state index contributed by atoms with van der Waals surface area (Å²) in [5.74, 6) is 0. The first-order valence-electron chi connectivity index (χ1n) is 6.26. The molecule has 1 saturated heterocycles. The number of ether oxygens (including phenoxy) is 1. The molecule has 0 saturated carbocycles. The van der Waals surface area contributed by atoms with Gasteiger partial charge in [0.05, 0.1) is 11.5 Å². The highest BCUT2D eigenvalue weighted by Gasteiger charge is 2.11. The Morgan fingerprint density at radius 3 is 3.18 bits per heavy atom. The van der Waals surface area contributed by atoms with Gasteiger partial charge in [-0.2, -0.15) is 0 Å². The van der Waals surface area contributed by atoms with E-state index in [1.165, 1.54) is 43.6 Å². The van der Waals surface area contributed by atoms with Crippen LogP contribution < -0.4 is 5.32 Å². The number of nitrogens with zero attached hydrogens (tertiary/aromatic N) is 1. The van der Waals surface area contributed by atoms with Gasteiger partial charge in [-0.05, 0) is 32.2 Å². The number of rotatable bonds is 6. The summed E-state index contributed by atoms with van der Waals surface area (Å²) in [6.45, 7) is 2.65. The Labute approximate surface area is 112 Å². The molecule has 1 fully saturated rings. The SMILES string of the molecule is Clc1ncc(COCCC[C@H]2CCCCN2)s1. The quantitative estimate of drug-likeness (QED) is 0.809. The molecule has 0 spiro atoms. The van der Waals surface area contributed by atoms with E-state index in [0.29, 0.717) is 17.1 Å². The number of piperidine rings is 1. The second-order valence-corrected chi connectivity index (χ2v) is 6.12. The highest BCUT2D eigenvalue weighted by Crippen LogP contribution is 2.18. The van der Waals surface area contributed by atoms with Gasteiger partial charge in [0.25, 0.3) is 0 Å². The van der Waals surface area contributed by atoms with E-state index < -0.39 is 0 Å². The molecule has 0 radical (unpaired) electrons. The number of aromatic nitrogens is 1. The van der Waals surface area contributed by atoms with Crippen LogP contribution in [-0.4, -0.2) is 24.2 Å². The van der Waals surface area contributed by atoms with Crippen molar-refractivity contribution in [3.05, 3.63) is 15.5 Å². The fourth-order valence-corrected chi connectivity index (χ4v) is 3.04. The van der Waals surface area contributed by atoms with E-state index in [1.807, 2.05) is 0 Å². The number of nitrogens with one attached hydrogen (secondary N) is 1. The van der Waals surface area contributed by atoms with Gasteiger partial charge < -0.3 is 10.1 Å². The van der Waals surface area contributed by atoms with Crippen molar-refractivity contribution >= 4 is 22.9 Å². The molecule has 2 rings (SSSR count). The van der Waals surface area contributed by atoms with Gasteiger partial charge in [0, 0.05) is 18.8 Å².